The molecule has 0 aliphatic carbocycles. The normalized spacial score (nSPS) is 16.0. The SMILES string of the molecule is CC(=O)c1cc(C#Cc2ccc(CC(=O)O)cc2)cc2c1OC(C)(C)CC2(C)C. The van der Waals surface area contributed by atoms with Gasteiger partial charge in [0.05, 0.1) is 12.0 Å². The molecule has 1 aliphatic heterocycles. The van der Waals surface area contributed by atoms with Gasteiger partial charge in [-0.05, 0) is 62.4 Å². The molecule has 0 amide bonds. The van der Waals surface area contributed by atoms with E-state index in [2.05, 4.69) is 25.7 Å². The number of rotatable bonds is 3. The highest BCUT2D eigenvalue weighted by atomic mass is 16.5. The van der Waals surface area contributed by atoms with E-state index in [0.29, 0.717) is 11.3 Å². The maximum absolute atomic E-state index is 12.3. The number of benzene rings is 2. The first kappa shape index (κ1) is 20.7. The number of aliphatic carboxylic acids is 1. The van der Waals surface area contributed by atoms with Crippen LogP contribution in [0.15, 0.2) is 36.4 Å². The zero-order valence-electron chi connectivity index (χ0n) is 17.6. The second kappa shape index (κ2) is 7.40. The van der Waals surface area contributed by atoms with E-state index in [-0.39, 0.29) is 23.2 Å². The first-order chi connectivity index (χ1) is 13.5. The third-order valence-electron chi connectivity index (χ3n) is 5.10. The molecule has 2 aromatic rings. The molecule has 4 heteroatoms. The lowest BCUT2D eigenvalue weighted by atomic mass is 9.72. The maximum Gasteiger partial charge on any atom is 0.307 e. The van der Waals surface area contributed by atoms with Gasteiger partial charge < -0.3 is 9.84 Å². The number of fused-ring (bicyclic) bond motifs is 1. The quantitative estimate of drug-likeness (QED) is 0.606. The fourth-order valence-electron chi connectivity index (χ4n) is 4.07. The number of Topliss-reactive ketones (excluding diaryl/α,β-unsaturated/α-hetero) is 1. The van der Waals surface area contributed by atoms with Crippen molar-refractivity contribution in [2.75, 3.05) is 0 Å². The number of carboxylic acid groups (broad SMARTS) is 1. The summed E-state index contributed by atoms with van der Waals surface area (Å²) in [6.45, 7) is 9.97. The van der Waals surface area contributed by atoms with Crippen LogP contribution < -0.4 is 4.74 Å². The Kier molecular flexibility index (Phi) is 5.28. The van der Waals surface area contributed by atoms with Gasteiger partial charge in [0.15, 0.2) is 5.78 Å². The van der Waals surface area contributed by atoms with Gasteiger partial charge in [0.2, 0.25) is 0 Å². The molecule has 0 aromatic heterocycles. The predicted molar refractivity (Wildman–Crippen MR) is 113 cm³/mol. The van der Waals surface area contributed by atoms with Crippen molar-refractivity contribution in [2.24, 2.45) is 0 Å². The van der Waals surface area contributed by atoms with E-state index in [9.17, 15) is 9.59 Å². The van der Waals surface area contributed by atoms with Gasteiger partial charge in [0.1, 0.15) is 11.4 Å². The average molecular weight is 390 g/mol. The van der Waals surface area contributed by atoms with Crippen molar-refractivity contribution < 1.29 is 19.4 Å². The summed E-state index contributed by atoms with van der Waals surface area (Å²) in [6, 6.07) is 11.0. The maximum atomic E-state index is 12.3. The van der Waals surface area contributed by atoms with E-state index in [1.165, 1.54) is 0 Å². The zero-order chi connectivity index (χ0) is 21.4. The summed E-state index contributed by atoms with van der Waals surface area (Å²) in [7, 11) is 0. The predicted octanol–water partition coefficient (Wildman–Crippen LogP) is 4.75. The molecule has 0 saturated carbocycles. The van der Waals surface area contributed by atoms with Crippen molar-refractivity contribution in [1.82, 2.24) is 0 Å². The van der Waals surface area contributed by atoms with E-state index in [4.69, 9.17) is 9.84 Å². The third-order valence-corrected chi connectivity index (χ3v) is 5.10. The molecule has 0 spiro atoms. The van der Waals surface area contributed by atoms with Gasteiger partial charge in [-0.25, -0.2) is 0 Å². The van der Waals surface area contributed by atoms with Crippen LogP contribution in [0.25, 0.3) is 0 Å². The molecule has 1 N–H and O–H groups in total. The van der Waals surface area contributed by atoms with Gasteiger partial charge in [-0.1, -0.05) is 37.8 Å². The van der Waals surface area contributed by atoms with Gasteiger partial charge >= 0.3 is 5.97 Å². The van der Waals surface area contributed by atoms with Crippen LogP contribution in [0.2, 0.25) is 0 Å². The van der Waals surface area contributed by atoms with Gasteiger partial charge in [-0.2, -0.15) is 0 Å². The van der Waals surface area contributed by atoms with Crippen LogP contribution >= 0.6 is 0 Å². The van der Waals surface area contributed by atoms with E-state index >= 15 is 0 Å². The van der Waals surface area contributed by atoms with Gasteiger partial charge in [-0.15, -0.1) is 0 Å². The molecular formula is C25H26O4. The van der Waals surface area contributed by atoms with Crippen molar-refractivity contribution in [3.05, 3.63) is 64.2 Å². The molecule has 29 heavy (non-hydrogen) atoms. The van der Waals surface area contributed by atoms with Crippen molar-refractivity contribution in [3.63, 3.8) is 0 Å². The summed E-state index contributed by atoms with van der Waals surface area (Å²) in [4.78, 5) is 23.1. The monoisotopic (exact) mass is 390 g/mol. The molecule has 0 radical (unpaired) electrons. The van der Waals surface area contributed by atoms with Crippen LogP contribution in [0.5, 0.6) is 5.75 Å². The number of hydrogen-bond donors (Lipinski definition) is 1. The average Bonchev–Trinajstić information content (AvgIpc) is 2.59. The Morgan fingerprint density at radius 2 is 1.66 bits per heavy atom. The lowest BCUT2D eigenvalue weighted by Gasteiger charge is -2.43. The topological polar surface area (TPSA) is 63.6 Å². The molecule has 1 heterocycles. The molecule has 3 rings (SSSR count). The summed E-state index contributed by atoms with van der Waals surface area (Å²) in [5, 5.41) is 8.86. The van der Waals surface area contributed by atoms with Gasteiger partial charge in [0.25, 0.3) is 0 Å². The first-order valence-corrected chi connectivity index (χ1v) is 9.68. The Morgan fingerprint density at radius 3 is 2.24 bits per heavy atom. The summed E-state index contributed by atoms with van der Waals surface area (Å²) in [5.74, 6) is 6.02. The molecule has 1 aliphatic rings. The number of carbonyl (C=O) groups excluding carboxylic acids is 1. The highest BCUT2D eigenvalue weighted by molar-refractivity contribution is 5.98. The Hall–Kier alpha value is -3.06. The molecule has 0 fully saturated rings. The van der Waals surface area contributed by atoms with Crippen LogP contribution in [0, 0.1) is 11.8 Å². The second-order valence-electron chi connectivity index (χ2n) is 8.90. The number of carboxylic acids is 1. The highest BCUT2D eigenvalue weighted by Gasteiger charge is 2.40. The van der Waals surface area contributed by atoms with Crippen molar-refractivity contribution in [3.8, 4) is 17.6 Å². The van der Waals surface area contributed by atoms with Crippen LogP contribution in [0.3, 0.4) is 0 Å². The summed E-state index contributed by atoms with van der Waals surface area (Å²) >= 11 is 0. The minimum atomic E-state index is -0.859. The summed E-state index contributed by atoms with van der Waals surface area (Å²) in [6.07, 6.45) is 0.832. The highest BCUT2D eigenvalue weighted by Crippen LogP contribution is 2.46. The smallest absolute Gasteiger partial charge is 0.307 e. The molecule has 0 unspecified atom stereocenters. The molecule has 4 nitrogen and oxygen atoms in total. The molecular weight excluding hydrogens is 364 g/mol. The van der Waals surface area contributed by atoms with E-state index < -0.39 is 5.97 Å². The Bertz CT molecular complexity index is 1030. The lowest BCUT2D eigenvalue weighted by Crippen LogP contribution is -2.42. The Balaban J connectivity index is 2.01. The summed E-state index contributed by atoms with van der Waals surface area (Å²) in [5.41, 5.74) is 3.37. The minimum Gasteiger partial charge on any atom is -0.487 e. The van der Waals surface area contributed by atoms with Gasteiger partial charge in [-0.3, -0.25) is 9.59 Å². The Labute approximate surface area is 171 Å². The van der Waals surface area contributed by atoms with Crippen LogP contribution in [-0.2, 0) is 16.6 Å². The molecule has 0 saturated heterocycles. The third kappa shape index (κ3) is 4.68. The zero-order valence-corrected chi connectivity index (χ0v) is 17.6. The van der Waals surface area contributed by atoms with E-state index in [1.807, 2.05) is 32.0 Å². The van der Waals surface area contributed by atoms with Crippen molar-refractivity contribution in [1.29, 1.82) is 0 Å². The van der Waals surface area contributed by atoms with Crippen LogP contribution in [-0.4, -0.2) is 22.5 Å². The van der Waals surface area contributed by atoms with Crippen molar-refractivity contribution >= 4 is 11.8 Å². The first-order valence-electron chi connectivity index (χ1n) is 9.68. The molecule has 2 aromatic carbocycles. The molecule has 150 valence electrons. The summed E-state index contributed by atoms with van der Waals surface area (Å²) < 4.78 is 6.19. The standard InChI is InChI=1S/C25H26O4/c1-16(26)20-12-19(11-8-17-6-9-18(10-7-17)14-22(27)28)13-21-23(20)29-25(4,5)15-24(21,2)3/h6-7,9-10,12-13H,14-15H2,1-5H3,(H,27,28). The van der Waals surface area contributed by atoms with Crippen molar-refractivity contribution in [2.45, 2.75) is 58.5 Å². The number of ether oxygens (including phenoxy) is 1. The molecule has 0 atom stereocenters. The minimum absolute atomic E-state index is 0.00800. The number of carbonyl (C=O) groups is 2. The second-order valence-corrected chi connectivity index (χ2v) is 8.90. The molecule has 0 bridgehead atoms. The Morgan fingerprint density at radius 1 is 1.03 bits per heavy atom. The largest absolute Gasteiger partial charge is 0.487 e. The fourth-order valence-corrected chi connectivity index (χ4v) is 4.07. The number of hydrogen-bond acceptors (Lipinski definition) is 3. The van der Waals surface area contributed by atoms with Crippen LogP contribution in [0.4, 0.5) is 0 Å². The number of ketones is 1. The van der Waals surface area contributed by atoms with E-state index in [1.54, 1.807) is 25.1 Å². The fraction of sp³-hybridized carbons (Fsp3) is 0.360. The van der Waals surface area contributed by atoms with E-state index in [0.717, 1.165) is 28.7 Å². The van der Waals surface area contributed by atoms with Crippen LogP contribution in [0.1, 0.15) is 73.7 Å². The van der Waals surface area contributed by atoms with Gasteiger partial charge in [0, 0.05) is 16.7 Å². The lowest BCUT2D eigenvalue weighted by molar-refractivity contribution is -0.136.